The molecule has 8 heteroatoms. The molecule has 1 aromatic carbocycles. The average Bonchev–Trinajstić information content (AvgIpc) is 2.65. The Morgan fingerprint density at radius 2 is 1.96 bits per heavy atom. The Morgan fingerprint density at radius 3 is 2.61 bits per heavy atom. The zero-order chi connectivity index (χ0) is 20.7. The first-order chi connectivity index (χ1) is 13.3. The molecule has 0 saturated heterocycles. The van der Waals surface area contributed by atoms with Gasteiger partial charge < -0.3 is 10.1 Å². The van der Waals surface area contributed by atoms with E-state index in [-0.39, 0.29) is 36.3 Å². The van der Waals surface area contributed by atoms with Gasteiger partial charge in [0.25, 0.3) is 12.3 Å². The molecule has 0 spiro atoms. The van der Waals surface area contributed by atoms with Crippen LogP contribution in [-0.2, 0) is 17.8 Å². The van der Waals surface area contributed by atoms with Gasteiger partial charge in [-0.25, -0.2) is 8.78 Å². The SMILES string of the molecule is CC(C)C(=O)Cc1cc(C(=O)NCc2ccc(OCC(F)F)cc2Cl)ccn1. The van der Waals surface area contributed by atoms with Gasteiger partial charge >= 0.3 is 0 Å². The van der Waals surface area contributed by atoms with Gasteiger partial charge in [0, 0.05) is 41.4 Å². The number of nitrogens with one attached hydrogen (secondary N) is 1. The summed E-state index contributed by atoms with van der Waals surface area (Å²) in [6.07, 6.45) is -0.913. The van der Waals surface area contributed by atoms with Gasteiger partial charge in [-0.2, -0.15) is 0 Å². The van der Waals surface area contributed by atoms with Crippen molar-refractivity contribution in [3.8, 4) is 5.75 Å². The predicted octanol–water partition coefficient (Wildman–Crippen LogP) is 4.08. The van der Waals surface area contributed by atoms with E-state index in [1.807, 2.05) is 13.8 Å². The van der Waals surface area contributed by atoms with Gasteiger partial charge in [-0.1, -0.05) is 31.5 Å². The predicted molar refractivity (Wildman–Crippen MR) is 102 cm³/mol. The molecule has 2 aromatic rings. The first kappa shape index (κ1) is 21.8. The van der Waals surface area contributed by atoms with E-state index in [0.717, 1.165) is 0 Å². The summed E-state index contributed by atoms with van der Waals surface area (Å²) in [4.78, 5) is 28.3. The minimum absolute atomic E-state index is 0.0472. The molecule has 0 fully saturated rings. The Hall–Kier alpha value is -2.54. The normalized spacial score (nSPS) is 11.0. The van der Waals surface area contributed by atoms with Crippen molar-refractivity contribution >= 4 is 23.3 Å². The Kier molecular flexibility index (Phi) is 7.87. The molecule has 0 unspecified atom stereocenters. The van der Waals surface area contributed by atoms with Crippen LogP contribution in [0.25, 0.3) is 0 Å². The highest BCUT2D eigenvalue weighted by Gasteiger charge is 2.13. The van der Waals surface area contributed by atoms with Crippen LogP contribution in [0.1, 0.15) is 35.5 Å². The third kappa shape index (κ3) is 6.56. The minimum atomic E-state index is -2.57. The van der Waals surface area contributed by atoms with Crippen molar-refractivity contribution in [2.45, 2.75) is 33.2 Å². The number of halogens is 3. The highest BCUT2D eigenvalue weighted by atomic mass is 35.5. The third-order valence-corrected chi connectivity index (χ3v) is 4.27. The van der Waals surface area contributed by atoms with Crippen LogP contribution in [0.3, 0.4) is 0 Å². The Morgan fingerprint density at radius 1 is 1.21 bits per heavy atom. The topological polar surface area (TPSA) is 68.3 Å². The number of ketones is 1. The summed E-state index contributed by atoms with van der Waals surface area (Å²) in [6.45, 7) is 3.06. The smallest absolute Gasteiger partial charge is 0.272 e. The number of Topliss-reactive ketones (excluding diaryl/α,β-unsaturated/α-hetero) is 1. The van der Waals surface area contributed by atoms with Crippen molar-refractivity contribution in [1.82, 2.24) is 10.3 Å². The molecule has 0 aliphatic heterocycles. The maximum atomic E-state index is 12.4. The lowest BCUT2D eigenvalue weighted by Crippen LogP contribution is -2.23. The molecule has 0 aliphatic carbocycles. The zero-order valence-corrected chi connectivity index (χ0v) is 16.3. The number of rotatable bonds is 9. The monoisotopic (exact) mass is 410 g/mol. The molecule has 150 valence electrons. The number of carbonyl (C=O) groups is 2. The van der Waals surface area contributed by atoms with Crippen LogP contribution in [0.4, 0.5) is 8.78 Å². The van der Waals surface area contributed by atoms with Crippen LogP contribution in [0, 0.1) is 5.92 Å². The number of amides is 1. The number of nitrogens with zero attached hydrogens (tertiary/aromatic N) is 1. The number of aromatic nitrogens is 1. The highest BCUT2D eigenvalue weighted by Crippen LogP contribution is 2.23. The summed E-state index contributed by atoms with van der Waals surface area (Å²) >= 11 is 6.12. The van der Waals surface area contributed by atoms with Gasteiger partial charge in [0.05, 0.1) is 0 Å². The van der Waals surface area contributed by atoms with Crippen molar-refractivity contribution < 1.29 is 23.1 Å². The van der Waals surface area contributed by atoms with E-state index in [9.17, 15) is 18.4 Å². The maximum Gasteiger partial charge on any atom is 0.272 e. The first-order valence-electron chi connectivity index (χ1n) is 8.71. The molecule has 0 aliphatic rings. The molecule has 1 amide bonds. The van der Waals surface area contributed by atoms with Crippen LogP contribution >= 0.6 is 11.6 Å². The summed E-state index contributed by atoms with van der Waals surface area (Å²) in [5.41, 5.74) is 1.53. The minimum Gasteiger partial charge on any atom is -0.488 e. The maximum absolute atomic E-state index is 12.4. The van der Waals surface area contributed by atoms with Gasteiger partial charge in [-0.05, 0) is 29.8 Å². The van der Waals surface area contributed by atoms with E-state index in [4.69, 9.17) is 16.3 Å². The number of hydrogen-bond acceptors (Lipinski definition) is 4. The average molecular weight is 411 g/mol. The standard InChI is InChI=1S/C20H21ClF2N2O3/c1-12(2)18(26)8-15-7-13(5-6-24-15)20(27)25-10-14-3-4-16(9-17(14)21)28-11-19(22)23/h3-7,9,12,19H,8,10-11H2,1-2H3,(H,25,27). The van der Waals surface area contributed by atoms with E-state index < -0.39 is 13.0 Å². The molecule has 0 radical (unpaired) electrons. The van der Waals surface area contributed by atoms with E-state index >= 15 is 0 Å². The number of benzene rings is 1. The molecular weight excluding hydrogens is 390 g/mol. The van der Waals surface area contributed by atoms with Crippen molar-refractivity contribution in [1.29, 1.82) is 0 Å². The first-order valence-corrected chi connectivity index (χ1v) is 9.09. The summed E-state index contributed by atoms with van der Waals surface area (Å²) in [5, 5.41) is 3.03. The van der Waals surface area contributed by atoms with Gasteiger partial charge in [0.15, 0.2) is 0 Å². The lowest BCUT2D eigenvalue weighted by atomic mass is 10.0. The van der Waals surface area contributed by atoms with Crippen molar-refractivity contribution in [2.75, 3.05) is 6.61 Å². The summed E-state index contributed by atoms with van der Waals surface area (Å²) in [5.74, 6) is -0.163. The fourth-order valence-corrected chi connectivity index (χ4v) is 2.53. The Balaban J connectivity index is 1.97. The van der Waals surface area contributed by atoms with E-state index in [0.29, 0.717) is 21.8 Å². The molecule has 28 heavy (non-hydrogen) atoms. The number of pyridine rings is 1. The fraction of sp³-hybridized carbons (Fsp3) is 0.350. The zero-order valence-electron chi connectivity index (χ0n) is 15.5. The largest absolute Gasteiger partial charge is 0.488 e. The molecule has 1 N–H and O–H groups in total. The number of carbonyl (C=O) groups excluding carboxylic acids is 2. The lowest BCUT2D eigenvalue weighted by Gasteiger charge is -2.10. The summed E-state index contributed by atoms with van der Waals surface area (Å²) in [6, 6.07) is 7.67. The molecule has 0 atom stereocenters. The van der Waals surface area contributed by atoms with Crippen LogP contribution in [0.2, 0.25) is 5.02 Å². The van der Waals surface area contributed by atoms with Crippen molar-refractivity contribution in [3.63, 3.8) is 0 Å². The van der Waals surface area contributed by atoms with Crippen LogP contribution in [0.15, 0.2) is 36.5 Å². The van der Waals surface area contributed by atoms with E-state index in [2.05, 4.69) is 10.3 Å². The quantitative estimate of drug-likeness (QED) is 0.676. The van der Waals surface area contributed by atoms with Gasteiger partial charge in [0.1, 0.15) is 18.1 Å². The van der Waals surface area contributed by atoms with Crippen LogP contribution < -0.4 is 10.1 Å². The molecule has 5 nitrogen and oxygen atoms in total. The van der Waals surface area contributed by atoms with E-state index in [1.54, 1.807) is 18.2 Å². The lowest BCUT2D eigenvalue weighted by molar-refractivity contribution is -0.121. The Labute approximate surface area is 167 Å². The third-order valence-electron chi connectivity index (χ3n) is 3.92. The number of ether oxygens (including phenoxy) is 1. The van der Waals surface area contributed by atoms with Crippen LogP contribution in [0.5, 0.6) is 5.75 Å². The molecular formula is C20H21ClF2N2O3. The highest BCUT2D eigenvalue weighted by molar-refractivity contribution is 6.31. The second kappa shape index (κ2) is 10.1. The molecule has 2 rings (SSSR count). The molecule has 1 aromatic heterocycles. The summed E-state index contributed by atoms with van der Waals surface area (Å²) < 4.78 is 29.3. The Bertz CT molecular complexity index is 844. The van der Waals surface area contributed by atoms with Crippen molar-refractivity contribution in [2.24, 2.45) is 5.92 Å². The number of alkyl halides is 2. The number of hydrogen-bond donors (Lipinski definition) is 1. The van der Waals surface area contributed by atoms with Gasteiger partial charge in [-0.3, -0.25) is 14.6 Å². The second-order valence-corrected chi connectivity index (χ2v) is 6.88. The molecule has 1 heterocycles. The summed E-state index contributed by atoms with van der Waals surface area (Å²) in [7, 11) is 0. The van der Waals surface area contributed by atoms with Gasteiger partial charge in [-0.15, -0.1) is 0 Å². The molecule has 0 bridgehead atoms. The second-order valence-electron chi connectivity index (χ2n) is 6.47. The van der Waals surface area contributed by atoms with Gasteiger partial charge in [0.2, 0.25) is 0 Å². The van der Waals surface area contributed by atoms with Crippen LogP contribution in [-0.4, -0.2) is 29.7 Å². The molecule has 0 saturated carbocycles. The van der Waals surface area contributed by atoms with Crippen molar-refractivity contribution in [3.05, 3.63) is 58.4 Å². The van der Waals surface area contributed by atoms with E-state index in [1.165, 1.54) is 18.3 Å². The fourth-order valence-electron chi connectivity index (χ4n) is 2.30.